The van der Waals surface area contributed by atoms with Gasteiger partial charge < -0.3 is 10.5 Å². The van der Waals surface area contributed by atoms with Gasteiger partial charge in [-0.2, -0.15) is 5.10 Å². The molecule has 2 heterocycles. The summed E-state index contributed by atoms with van der Waals surface area (Å²) in [7, 11) is 0. The molecule has 0 amide bonds. The van der Waals surface area contributed by atoms with Gasteiger partial charge in [0, 0.05) is 31.3 Å². The van der Waals surface area contributed by atoms with E-state index in [1.165, 1.54) is 18.5 Å². The van der Waals surface area contributed by atoms with E-state index in [1.807, 2.05) is 6.92 Å². The van der Waals surface area contributed by atoms with Crippen molar-refractivity contribution in [2.24, 2.45) is 5.73 Å². The van der Waals surface area contributed by atoms with Gasteiger partial charge in [-0.25, -0.2) is 0 Å². The van der Waals surface area contributed by atoms with Crippen LogP contribution in [0.15, 0.2) is 6.07 Å². The fraction of sp³-hybridized carbons (Fsp3) is 0.786. The molecule has 1 saturated heterocycles. The third-order valence-corrected chi connectivity index (χ3v) is 3.64. The van der Waals surface area contributed by atoms with Crippen molar-refractivity contribution in [2.75, 3.05) is 6.61 Å². The van der Waals surface area contributed by atoms with E-state index in [9.17, 15) is 0 Å². The molecule has 2 rings (SSSR count). The lowest BCUT2D eigenvalue weighted by Gasteiger charge is -2.15. The second-order valence-corrected chi connectivity index (χ2v) is 5.27. The van der Waals surface area contributed by atoms with Crippen molar-refractivity contribution >= 4 is 0 Å². The van der Waals surface area contributed by atoms with Crippen LogP contribution in [-0.4, -0.2) is 28.5 Å². The maximum Gasteiger partial charge on any atom is 0.0596 e. The first-order valence-corrected chi connectivity index (χ1v) is 7.09. The SMILES string of the molecule is CCn1nc(C)cc1CC(N)CCC1CCCO1. The molecule has 1 aromatic rings. The van der Waals surface area contributed by atoms with Crippen molar-refractivity contribution in [3.63, 3.8) is 0 Å². The largest absolute Gasteiger partial charge is 0.378 e. The van der Waals surface area contributed by atoms with Gasteiger partial charge in [0.2, 0.25) is 0 Å². The van der Waals surface area contributed by atoms with Crippen molar-refractivity contribution in [3.8, 4) is 0 Å². The molecule has 0 saturated carbocycles. The number of hydrogen-bond acceptors (Lipinski definition) is 3. The van der Waals surface area contributed by atoms with E-state index in [-0.39, 0.29) is 6.04 Å². The number of aryl methyl sites for hydroxylation is 2. The second kappa shape index (κ2) is 6.34. The maximum absolute atomic E-state index is 6.22. The Morgan fingerprint density at radius 1 is 1.61 bits per heavy atom. The van der Waals surface area contributed by atoms with Gasteiger partial charge in [0.25, 0.3) is 0 Å². The Bertz CT molecular complexity index is 369. The fourth-order valence-corrected chi connectivity index (χ4v) is 2.68. The molecule has 2 N–H and O–H groups in total. The first-order chi connectivity index (χ1) is 8.69. The molecule has 1 fully saturated rings. The molecule has 18 heavy (non-hydrogen) atoms. The Hall–Kier alpha value is -0.870. The Morgan fingerprint density at radius 3 is 3.11 bits per heavy atom. The van der Waals surface area contributed by atoms with Gasteiger partial charge in [-0.05, 0) is 45.6 Å². The molecular weight excluding hydrogens is 226 g/mol. The lowest BCUT2D eigenvalue weighted by Crippen LogP contribution is -2.26. The van der Waals surface area contributed by atoms with E-state index in [2.05, 4.69) is 22.8 Å². The summed E-state index contributed by atoms with van der Waals surface area (Å²) < 4.78 is 7.69. The summed E-state index contributed by atoms with van der Waals surface area (Å²) in [6.45, 7) is 6.00. The van der Waals surface area contributed by atoms with Crippen LogP contribution in [0.5, 0.6) is 0 Å². The predicted molar refractivity (Wildman–Crippen MR) is 72.5 cm³/mol. The van der Waals surface area contributed by atoms with Crippen LogP contribution in [0.4, 0.5) is 0 Å². The minimum Gasteiger partial charge on any atom is -0.378 e. The third kappa shape index (κ3) is 3.56. The molecule has 0 bridgehead atoms. The highest BCUT2D eigenvalue weighted by molar-refractivity contribution is 5.10. The topological polar surface area (TPSA) is 53.1 Å². The summed E-state index contributed by atoms with van der Waals surface area (Å²) in [5, 5.41) is 4.46. The number of nitrogens with two attached hydrogens (primary N) is 1. The van der Waals surface area contributed by atoms with Crippen LogP contribution in [0.3, 0.4) is 0 Å². The van der Waals surface area contributed by atoms with Gasteiger partial charge in [0.05, 0.1) is 11.8 Å². The minimum absolute atomic E-state index is 0.218. The van der Waals surface area contributed by atoms with E-state index >= 15 is 0 Å². The third-order valence-electron chi connectivity index (χ3n) is 3.64. The Kier molecular flexibility index (Phi) is 4.78. The van der Waals surface area contributed by atoms with E-state index < -0.39 is 0 Å². The molecule has 1 aliphatic rings. The molecule has 102 valence electrons. The van der Waals surface area contributed by atoms with Crippen molar-refractivity contribution < 1.29 is 4.74 Å². The molecule has 0 aliphatic carbocycles. The molecule has 0 spiro atoms. The molecule has 2 unspecified atom stereocenters. The normalized spacial score (nSPS) is 21.4. The van der Waals surface area contributed by atoms with Crippen molar-refractivity contribution in [1.82, 2.24) is 9.78 Å². The van der Waals surface area contributed by atoms with E-state index in [0.717, 1.165) is 38.1 Å². The Morgan fingerprint density at radius 2 is 2.44 bits per heavy atom. The summed E-state index contributed by atoms with van der Waals surface area (Å²) in [6, 6.07) is 2.37. The molecule has 4 heteroatoms. The van der Waals surface area contributed by atoms with Gasteiger partial charge in [0.15, 0.2) is 0 Å². The molecular formula is C14H25N3O. The zero-order valence-electron chi connectivity index (χ0n) is 11.6. The highest BCUT2D eigenvalue weighted by atomic mass is 16.5. The van der Waals surface area contributed by atoms with Crippen LogP contribution in [0, 0.1) is 6.92 Å². The van der Waals surface area contributed by atoms with Crippen LogP contribution in [0.2, 0.25) is 0 Å². The Labute approximate surface area is 110 Å². The van der Waals surface area contributed by atoms with Crippen LogP contribution in [0.25, 0.3) is 0 Å². The first kappa shape index (κ1) is 13.6. The quantitative estimate of drug-likeness (QED) is 0.841. The van der Waals surface area contributed by atoms with E-state index in [4.69, 9.17) is 10.5 Å². The number of hydrogen-bond donors (Lipinski definition) is 1. The lowest BCUT2D eigenvalue weighted by atomic mass is 10.0. The highest BCUT2D eigenvalue weighted by Gasteiger charge is 2.17. The van der Waals surface area contributed by atoms with Crippen LogP contribution < -0.4 is 5.73 Å². The monoisotopic (exact) mass is 251 g/mol. The van der Waals surface area contributed by atoms with Crippen molar-refractivity contribution in [3.05, 3.63) is 17.5 Å². The van der Waals surface area contributed by atoms with Gasteiger partial charge >= 0.3 is 0 Å². The molecule has 1 aromatic heterocycles. The molecule has 2 atom stereocenters. The Balaban J connectivity index is 1.80. The number of rotatable bonds is 6. The average molecular weight is 251 g/mol. The molecule has 0 aromatic carbocycles. The van der Waals surface area contributed by atoms with Crippen LogP contribution in [0.1, 0.15) is 44.0 Å². The molecule has 1 aliphatic heterocycles. The van der Waals surface area contributed by atoms with Crippen LogP contribution >= 0.6 is 0 Å². The average Bonchev–Trinajstić information content (AvgIpc) is 2.96. The zero-order valence-corrected chi connectivity index (χ0v) is 11.6. The predicted octanol–water partition coefficient (Wildman–Crippen LogP) is 2.04. The number of aromatic nitrogens is 2. The fourth-order valence-electron chi connectivity index (χ4n) is 2.68. The smallest absolute Gasteiger partial charge is 0.0596 e. The highest BCUT2D eigenvalue weighted by Crippen LogP contribution is 2.18. The van der Waals surface area contributed by atoms with E-state index in [1.54, 1.807) is 0 Å². The molecule has 4 nitrogen and oxygen atoms in total. The lowest BCUT2D eigenvalue weighted by molar-refractivity contribution is 0.101. The molecule has 0 radical (unpaired) electrons. The van der Waals surface area contributed by atoms with Crippen LogP contribution in [-0.2, 0) is 17.7 Å². The van der Waals surface area contributed by atoms with Gasteiger partial charge in [0.1, 0.15) is 0 Å². The summed E-state index contributed by atoms with van der Waals surface area (Å²) in [5.74, 6) is 0. The van der Waals surface area contributed by atoms with Gasteiger partial charge in [-0.1, -0.05) is 0 Å². The minimum atomic E-state index is 0.218. The number of ether oxygens (including phenoxy) is 1. The zero-order chi connectivity index (χ0) is 13.0. The first-order valence-electron chi connectivity index (χ1n) is 7.09. The maximum atomic E-state index is 6.22. The summed E-state index contributed by atoms with van der Waals surface area (Å²) >= 11 is 0. The van der Waals surface area contributed by atoms with Gasteiger partial charge in [-0.3, -0.25) is 4.68 Å². The van der Waals surface area contributed by atoms with E-state index in [0.29, 0.717) is 6.10 Å². The van der Waals surface area contributed by atoms with Gasteiger partial charge in [-0.15, -0.1) is 0 Å². The standard InChI is InChI=1S/C14H25N3O/c1-3-17-13(9-11(2)16-17)10-12(15)6-7-14-5-4-8-18-14/h9,12,14H,3-8,10,15H2,1-2H3. The number of nitrogens with zero attached hydrogens (tertiary/aromatic N) is 2. The van der Waals surface area contributed by atoms with Crippen molar-refractivity contribution in [2.45, 2.75) is 64.6 Å². The summed E-state index contributed by atoms with van der Waals surface area (Å²) in [4.78, 5) is 0. The summed E-state index contributed by atoms with van der Waals surface area (Å²) in [5.41, 5.74) is 8.56. The van der Waals surface area contributed by atoms with Crippen molar-refractivity contribution in [1.29, 1.82) is 0 Å². The second-order valence-electron chi connectivity index (χ2n) is 5.27. The summed E-state index contributed by atoms with van der Waals surface area (Å²) in [6.07, 6.45) is 5.93.